The smallest absolute Gasteiger partial charge is 0.152 e. The number of hydrogen-bond donors (Lipinski definition) is 1. The van der Waals surface area contributed by atoms with Crippen LogP contribution in [0.25, 0.3) is 0 Å². The first kappa shape index (κ1) is 14.0. The molecule has 0 atom stereocenters. The third-order valence-electron chi connectivity index (χ3n) is 3.39. The van der Waals surface area contributed by atoms with Gasteiger partial charge in [-0.3, -0.25) is 9.69 Å². The molecule has 1 fully saturated rings. The molecule has 0 unspecified atom stereocenters. The topological polar surface area (TPSA) is 43.8 Å². The lowest BCUT2D eigenvalue weighted by Crippen LogP contribution is -2.50. The van der Waals surface area contributed by atoms with Crippen LogP contribution in [-0.2, 0) is 0 Å². The van der Waals surface area contributed by atoms with Gasteiger partial charge in [0.1, 0.15) is 0 Å². The Bertz CT molecular complexity index is 432. The number of piperazine rings is 1. The Morgan fingerprint density at radius 1 is 1.21 bits per heavy atom. The average Bonchev–Trinajstić information content (AvgIpc) is 2.38. The Morgan fingerprint density at radius 3 is 2.42 bits per heavy atom. The molecular weight excluding hydrogens is 240 g/mol. The van der Waals surface area contributed by atoms with E-state index in [1.807, 2.05) is 38.1 Å². The molecular formula is C15H22N2O2. The number of aliphatic hydroxyl groups is 1. The van der Waals surface area contributed by atoms with Crippen LogP contribution >= 0.6 is 0 Å². The first-order chi connectivity index (χ1) is 8.99. The first-order valence-corrected chi connectivity index (χ1v) is 6.73. The van der Waals surface area contributed by atoms with Crippen molar-refractivity contribution in [2.45, 2.75) is 19.4 Å². The van der Waals surface area contributed by atoms with Crippen molar-refractivity contribution < 1.29 is 9.90 Å². The number of anilines is 1. The van der Waals surface area contributed by atoms with Crippen LogP contribution in [0.3, 0.4) is 0 Å². The van der Waals surface area contributed by atoms with Crippen LogP contribution in [-0.4, -0.2) is 54.6 Å². The predicted molar refractivity (Wildman–Crippen MR) is 76.8 cm³/mol. The Kier molecular flexibility index (Phi) is 4.22. The number of carbonyl (C=O) groups excluding carboxylic acids is 1. The van der Waals surface area contributed by atoms with E-state index in [4.69, 9.17) is 0 Å². The van der Waals surface area contributed by atoms with E-state index in [1.165, 1.54) is 0 Å². The summed E-state index contributed by atoms with van der Waals surface area (Å²) in [6.07, 6.45) is 0.915. The highest BCUT2D eigenvalue weighted by Gasteiger charge is 2.23. The second-order valence-corrected chi connectivity index (χ2v) is 5.75. The van der Waals surface area contributed by atoms with Gasteiger partial charge in [0, 0.05) is 44.0 Å². The number of para-hydroxylation sites is 1. The third-order valence-corrected chi connectivity index (χ3v) is 3.39. The maximum Gasteiger partial charge on any atom is 0.152 e. The number of hydrogen-bond acceptors (Lipinski definition) is 4. The Labute approximate surface area is 114 Å². The van der Waals surface area contributed by atoms with E-state index in [2.05, 4.69) is 9.80 Å². The lowest BCUT2D eigenvalue weighted by molar-refractivity contribution is 0.0345. The SMILES string of the molecule is CC(C)(O)CN1CCN(c2ccccc2C=O)CC1. The van der Waals surface area contributed by atoms with Crippen LogP contribution in [0.2, 0.25) is 0 Å². The molecule has 104 valence electrons. The fourth-order valence-electron chi connectivity index (χ4n) is 2.57. The van der Waals surface area contributed by atoms with Gasteiger partial charge in [0.05, 0.1) is 5.60 Å². The maximum absolute atomic E-state index is 11.1. The molecule has 1 aliphatic heterocycles. The Balaban J connectivity index is 1.98. The van der Waals surface area contributed by atoms with Crippen molar-refractivity contribution in [3.8, 4) is 0 Å². The minimum Gasteiger partial charge on any atom is -0.389 e. The minimum absolute atomic E-state index is 0.650. The molecule has 1 aromatic carbocycles. The highest BCUT2D eigenvalue weighted by Crippen LogP contribution is 2.20. The zero-order valence-electron chi connectivity index (χ0n) is 11.7. The fourth-order valence-corrected chi connectivity index (χ4v) is 2.57. The number of rotatable bonds is 4. The second kappa shape index (κ2) is 5.72. The van der Waals surface area contributed by atoms with E-state index in [0.29, 0.717) is 6.54 Å². The first-order valence-electron chi connectivity index (χ1n) is 6.73. The van der Waals surface area contributed by atoms with Crippen LogP contribution in [0, 0.1) is 0 Å². The van der Waals surface area contributed by atoms with Crippen molar-refractivity contribution in [3.63, 3.8) is 0 Å². The summed E-state index contributed by atoms with van der Waals surface area (Å²) in [6, 6.07) is 7.70. The zero-order chi connectivity index (χ0) is 13.9. The van der Waals surface area contributed by atoms with Gasteiger partial charge < -0.3 is 10.0 Å². The molecule has 1 N–H and O–H groups in total. The van der Waals surface area contributed by atoms with Gasteiger partial charge in [-0.1, -0.05) is 12.1 Å². The van der Waals surface area contributed by atoms with E-state index in [1.54, 1.807) is 0 Å². The standard InChI is InChI=1S/C15H22N2O2/c1-15(2,19)12-16-7-9-17(10-8-16)14-6-4-3-5-13(14)11-18/h3-6,11,19H,7-10,12H2,1-2H3. The maximum atomic E-state index is 11.1. The molecule has 0 aromatic heterocycles. The molecule has 1 heterocycles. The van der Waals surface area contributed by atoms with E-state index in [9.17, 15) is 9.90 Å². The highest BCUT2D eigenvalue weighted by atomic mass is 16.3. The van der Waals surface area contributed by atoms with E-state index in [-0.39, 0.29) is 0 Å². The molecule has 1 aliphatic rings. The number of β-amino-alcohol motifs (C(OH)–C–C–N with tert-alkyl or cyclic N) is 1. The number of carbonyl (C=O) groups is 1. The summed E-state index contributed by atoms with van der Waals surface area (Å²) in [6.45, 7) is 7.97. The molecule has 4 heteroatoms. The molecule has 1 aromatic rings. The van der Waals surface area contributed by atoms with Gasteiger partial charge in [0.25, 0.3) is 0 Å². The molecule has 4 nitrogen and oxygen atoms in total. The number of benzene rings is 1. The van der Waals surface area contributed by atoms with Crippen molar-refractivity contribution >= 4 is 12.0 Å². The van der Waals surface area contributed by atoms with Gasteiger partial charge in [0.2, 0.25) is 0 Å². The fraction of sp³-hybridized carbons (Fsp3) is 0.533. The Morgan fingerprint density at radius 2 is 1.84 bits per heavy atom. The zero-order valence-corrected chi connectivity index (χ0v) is 11.7. The minimum atomic E-state index is -0.650. The van der Waals surface area contributed by atoms with Gasteiger partial charge in [-0.05, 0) is 26.0 Å². The molecule has 2 rings (SSSR count). The summed E-state index contributed by atoms with van der Waals surface area (Å²) in [4.78, 5) is 15.6. The van der Waals surface area contributed by atoms with Gasteiger partial charge in [-0.15, -0.1) is 0 Å². The van der Waals surface area contributed by atoms with Crippen molar-refractivity contribution in [2.75, 3.05) is 37.6 Å². The summed E-state index contributed by atoms with van der Waals surface area (Å²) in [7, 11) is 0. The lowest BCUT2D eigenvalue weighted by Gasteiger charge is -2.38. The molecule has 0 saturated carbocycles. The monoisotopic (exact) mass is 262 g/mol. The van der Waals surface area contributed by atoms with Crippen LogP contribution in [0.15, 0.2) is 24.3 Å². The summed E-state index contributed by atoms with van der Waals surface area (Å²) < 4.78 is 0. The Hall–Kier alpha value is -1.39. The second-order valence-electron chi connectivity index (χ2n) is 5.75. The van der Waals surface area contributed by atoms with Gasteiger partial charge >= 0.3 is 0 Å². The number of nitrogens with zero attached hydrogens (tertiary/aromatic N) is 2. The van der Waals surface area contributed by atoms with Crippen molar-refractivity contribution in [3.05, 3.63) is 29.8 Å². The summed E-state index contributed by atoms with van der Waals surface area (Å²) >= 11 is 0. The van der Waals surface area contributed by atoms with Crippen LogP contribution in [0.5, 0.6) is 0 Å². The number of aldehydes is 1. The van der Waals surface area contributed by atoms with Gasteiger partial charge in [0.15, 0.2) is 6.29 Å². The van der Waals surface area contributed by atoms with Crippen molar-refractivity contribution in [1.29, 1.82) is 0 Å². The van der Waals surface area contributed by atoms with Gasteiger partial charge in [-0.2, -0.15) is 0 Å². The van der Waals surface area contributed by atoms with Crippen molar-refractivity contribution in [2.24, 2.45) is 0 Å². The lowest BCUT2D eigenvalue weighted by atomic mass is 10.1. The molecule has 0 amide bonds. The molecule has 0 spiro atoms. The van der Waals surface area contributed by atoms with Crippen LogP contribution in [0.1, 0.15) is 24.2 Å². The average molecular weight is 262 g/mol. The van der Waals surface area contributed by atoms with Gasteiger partial charge in [-0.25, -0.2) is 0 Å². The summed E-state index contributed by atoms with van der Waals surface area (Å²) in [5.41, 5.74) is 1.11. The third kappa shape index (κ3) is 3.78. The van der Waals surface area contributed by atoms with Crippen LogP contribution < -0.4 is 4.90 Å². The molecule has 0 bridgehead atoms. The summed E-state index contributed by atoms with van der Waals surface area (Å²) in [5.74, 6) is 0. The summed E-state index contributed by atoms with van der Waals surface area (Å²) in [5, 5.41) is 9.83. The normalized spacial score (nSPS) is 17.5. The largest absolute Gasteiger partial charge is 0.389 e. The quantitative estimate of drug-likeness (QED) is 0.833. The van der Waals surface area contributed by atoms with E-state index >= 15 is 0 Å². The van der Waals surface area contributed by atoms with E-state index in [0.717, 1.165) is 43.7 Å². The molecule has 1 saturated heterocycles. The van der Waals surface area contributed by atoms with E-state index < -0.39 is 5.60 Å². The van der Waals surface area contributed by atoms with Crippen LogP contribution in [0.4, 0.5) is 5.69 Å². The molecule has 19 heavy (non-hydrogen) atoms. The molecule has 0 aliphatic carbocycles. The highest BCUT2D eigenvalue weighted by molar-refractivity contribution is 5.84. The molecule has 0 radical (unpaired) electrons. The van der Waals surface area contributed by atoms with Crippen molar-refractivity contribution in [1.82, 2.24) is 4.90 Å². The predicted octanol–water partition coefficient (Wildman–Crippen LogP) is 1.39.